The molecule has 4 aromatic rings. The first kappa shape index (κ1) is 18.2. The summed E-state index contributed by atoms with van der Waals surface area (Å²) in [7, 11) is 0. The molecule has 3 heterocycles. The number of hydrogen-bond acceptors (Lipinski definition) is 6. The molecule has 0 amide bonds. The zero-order valence-electron chi connectivity index (χ0n) is 15.6. The second-order valence-corrected chi connectivity index (χ2v) is 7.31. The lowest BCUT2D eigenvalue weighted by Crippen LogP contribution is -2.08. The Bertz CT molecular complexity index is 1080. The number of carbonyl (C=O) groups excluding carboxylic acids is 1. The van der Waals surface area contributed by atoms with Crippen molar-refractivity contribution in [2.24, 2.45) is 0 Å². The number of para-hydroxylation sites is 1. The van der Waals surface area contributed by atoms with Gasteiger partial charge in [0.25, 0.3) is 0 Å². The number of carbonyl (C=O) groups is 1. The van der Waals surface area contributed by atoms with Crippen LogP contribution in [0, 0.1) is 13.8 Å². The molecule has 0 spiro atoms. The monoisotopic (exact) mass is 393 g/mol. The SMILES string of the molecule is Cc1cc(C(=O)CSc2nnnn2Cc2ccco2)c(C)n1-c1ccccc1. The van der Waals surface area contributed by atoms with Gasteiger partial charge in [-0.15, -0.1) is 5.10 Å². The van der Waals surface area contributed by atoms with Gasteiger partial charge in [0, 0.05) is 22.6 Å². The fourth-order valence-electron chi connectivity index (χ4n) is 3.18. The van der Waals surface area contributed by atoms with E-state index in [2.05, 4.69) is 20.1 Å². The van der Waals surface area contributed by atoms with Crippen LogP contribution in [0.3, 0.4) is 0 Å². The van der Waals surface area contributed by atoms with Gasteiger partial charge in [-0.2, -0.15) is 0 Å². The highest BCUT2D eigenvalue weighted by molar-refractivity contribution is 7.99. The Balaban J connectivity index is 1.49. The average Bonchev–Trinajstić information content (AvgIpc) is 3.43. The molecule has 28 heavy (non-hydrogen) atoms. The zero-order chi connectivity index (χ0) is 19.5. The van der Waals surface area contributed by atoms with Gasteiger partial charge in [-0.3, -0.25) is 4.79 Å². The highest BCUT2D eigenvalue weighted by Gasteiger charge is 2.18. The average molecular weight is 393 g/mol. The van der Waals surface area contributed by atoms with Crippen LogP contribution >= 0.6 is 11.8 Å². The van der Waals surface area contributed by atoms with Gasteiger partial charge in [0.1, 0.15) is 12.3 Å². The van der Waals surface area contributed by atoms with Crippen molar-refractivity contribution >= 4 is 17.5 Å². The number of rotatable bonds is 7. The molecule has 0 aliphatic heterocycles. The van der Waals surface area contributed by atoms with Crippen molar-refractivity contribution in [3.63, 3.8) is 0 Å². The Morgan fingerprint density at radius 3 is 2.71 bits per heavy atom. The van der Waals surface area contributed by atoms with Crippen molar-refractivity contribution in [3.05, 3.63) is 77.5 Å². The molecule has 0 unspecified atom stereocenters. The third kappa shape index (κ3) is 3.63. The molecular formula is C20H19N5O2S. The molecule has 0 bridgehead atoms. The Kier molecular flexibility index (Phi) is 5.12. The molecule has 4 rings (SSSR count). The van der Waals surface area contributed by atoms with Gasteiger partial charge in [-0.1, -0.05) is 30.0 Å². The lowest BCUT2D eigenvalue weighted by Gasteiger charge is -2.09. The fourth-order valence-corrected chi connectivity index (χ4v) is 3.94. The topological polar surface area (TPSA) is 78.7 Å². The summed E-state index contributed by atoms with van der Waals surface area (Å²) in [6, 6.07) is 15.6. The molecule has 0 aliphatic carbocycles. The Morgan fingerprint density at radius 1 is 1.14 bits per heavy atom. The summed E-state index contributed by atoms with van der Waals surface area (Å²) < 4.78 is 9.06. The summed E-state index contributed by atoms with van der Waals surface area (Å²) in [6.07, 6.45) is 1.61. The van der Waals surface area contributed by atoms with Gasteiger partial charge >= 0.3 is 0 Å². The number of Topliss-reactive ketones (excluding diaryl/α,β-unsaturated/α-hetero) is 1. The molecule has 8 heteroatoms. The van der Waals surface area contributed by atoms with E-state index < -0.39 is 0 Å². The third-order valence-corrected chi connectivity index (χ3v) is 5.42. The number of ketones is 1. The summed E-state index contributed by atoms with van der Waals surface area (Å²) in [6.45, 7) is 4.41. The predicted molar refractivity (Wildman–Crippen MR) is 106 cm³/mol. The molecule has 0 saturated heterocycles. The van der Waals surface area contributed by atoms with Crippen LogP contribution in [0.15, 0.2) is 64.4 Å². The molecule has 1 aromatic carbocycles. The van der Waals surface area contributed by atoms with Gasteiger partial charge in [0.15, 0.2) is 5.78 Å². The second-order valence-electron chi connectivity index (χ2n) is 6.37. The van der Waals surface area contributed by atoms with Crippen molar-refractivity contribution in [3.8, 4) is 5.69 Å². The first-order valence-corrected chi connectivity index (χ1v) is 9.81. The van der Waals surface area contributed by atoms with Crippen LogP contribution in [0.25, 0.3) is 5.69 Å². The van der Waals surface area contributed by atoms with Crippen LogP contribution in [0.5, 0.6) is 0 Å². The molecule has 7 nitrogen and oxygen atoms in total. The van der Waals surface area contributed by atoms with Gasteiger partial charge in [0.2, 0.25) is 5.16 Å². The summed E-state index contributed by atoms with van der Waals surface area (Å²) in [5, 5.41) is 12.3. The minimum Gasteiger partial charge on any atom is -0.467 e. The highest BCUT2D eigenvalue weighted by atomic mass is 32.2. The molecule has 0 N–H and O–H groups in total. The number of tetrazole rings is 1. The number of aromatic nitrogens is 5. The largest absolute Gasteiger partial charge is 0.467 e. The Labute approximate surface area is 166 Å². The van der Waals surface area contributed by atoms with Crippen LogP contribution in [0.2, 0.25) is 0 Å². The maximum absolute atomic E-state index is 12.9. The number of benzene rings is 1. The first-order chi connectivity index (χ1) is 13.6. The Morgan fingerprint density at radius 2 is 1.96 bits per heavy atom. The smallest absolute Gasteiger partial charge is 0.210 e. The molecule has 0 atom stereocenters. The summed E-state index contributed by atoms with van der Waals surface area (Å²) in [4.78, 5) is 12.9. The van der Waals surface area contributed by atoms with Gasteiger partial charge in [-0.05, 0) is 54.6 Å². The highest BCUT2D eigenvalue weighted by Crippen LogP contribution is 2.23. The van der Waals surface area contributed by atoms with Gasteiger partial charge in [0.05, 0.1) is 12.0 Å². The minimum absolute atomic E-state index is 0.0489. The molecule has 0 radical (unpaired) electrons. The molecule has 0 aliphatic rings. The number of thioether (sulfide) groups is 1. The lowest BCUT2D eigenvalue weighted by atomic mass is 10.2. The summed E-state index contributed by atoms with van der Waals surface area (Å²) >= 11 is 1.32. The van der Waals surface area contributed by atoms with E-state index in [-0.39, 0.29) is 11.5 Å². The quantitative estimate of drug-likeness (QED) is 0.352. The van der Waals surface area contributed by atoms with E-state index in [1.807, 2.05) is 62.4 Å². The van der Waals surface area contributed by atoms with Crippen LogP contribution in [-0.4, -0.2) is 36.3 Å². The van der Waals surface area contributed by atoms with E-state index in [1.165, 1.54) is 11.8 Å². The van der Waals surface area contributed by atoms with Crippen LogP contribution in [0.1, 0.15) is 27.5 Å². The van der Waals surface area contributed by atoms with E-state index in [0.29, 0.717) is 11.7 Å². The molecule has 0 fully saturated rings. The molecular weight excluding hydrogens is 374 g/mol. The van der Waals surface area contributed by atoms with Crippen LogP contribution < -0.4 is 0 Å². The summed E-state index contributed by atoms with van der Waals surface area (Å²) in [5.41, 5.74) is 3.73. The van der Waals surface area contributed by atoms with Crippen LogP contribution in [-0.2, 0) is 6.54 Å². The third-order valence-electron chi connectivity index (χ3n) is 4.46. The van der Waals surface area contributed by atoms with Crippen molar-refractivity contribution in [1.29, 1.82) is 0 Å². The van der Waals surface area contributed by atoms with Crippen molar-refractivity contribution in [1.82, 2.24) is 24.8 Å². The predicted octanol–water partition coefficient (Wildman–Crippen LogP) is 3.70. The summed E-state index contributed by atoms with van der Waals surface area (Å²) in [5.74, 6) is 1.07. The van der Waals surface area contributed by atoms with Gasteiger partial charge < -0.3 is 8.98 Å². The number of hydrogen-bond donors (Lipinski definition) is 0. The normalized spacial score (nSPS) is 11.1. The lowest BCUT2D eigenvalue weighted by molar-refractivity contribution is 0.102. The molecule has 0 saturated carbocycles. The number of furan rings is 1. The van der Waals surface area contributed by atoms with Crippen molar-refractivity contribution < 1.29 is 9.21 Å². The first-order valence-electron chi connectivity index (χ1n) is 8.82. The fraction of sp³-hybridized carbons (Fsp3) is 0.200. The van der Waals surface area contributed by atoms with Crippen molar-refractivity contribution in [2.75, 3.05) is 5.75 Å². The van der Waals surface area contributed by atoms with E-state index in [1.54, 1.807) is 10.9 Å². The molecule has 142 valence electrons. The minimum atomic E-state index is 0.0489. The zero-order valence-corrected chi connectivity index (χ0v) is 16.4. The van der Waals surface area contributed by atoms with E-state index in [9.17, 15) is 4.79 Å². The molecule has 3 aromatic heterocycles. The van der Waals surface area contributed by atoms with E-state index >= 15 is 0 Å². The van der Waals surface area contributed by atoms with Crippen molar-refractivity contribution in [2.45, 2.75) is 25.5 Å². The van der Waals surface area contributed by atoms with Gasteiger partial charge in [-0.25, -0.2) is 4.68 Å². The van der Waals surface area contributed by atoms with E-state index in [0.717, 1.165) is 28.4 Å². The number of aryl methyl sites for hydroxylation is 1. The maximum Gasteiger partial charge on any atom is 0.210 e. The van der Waals surface area contributed by atoms with Crippen LogP contribution in [0.4, 0.5) is 0 Å². The standard InChI is InChI=1S/C20H19N5O2S/c1-14-11-18(15(2)25(14)16-7-4-3-5-8-16)19(26)13-28-20-21-22-23-24(20)12-17-9-6-10-27-17/h3-11H,12-13H2,1-2H3. The Hall–Kier alpha value is -3.13. The second kappa shape index (κ2) is 7.85. The number of nitrogens with zero attached hydrogens (tertiary/aromatic N) is 5. The van der Waals surface area contributed by atoms with E-state index in [4.69, 9.17) is 4.42 Å². The maximum atomic E-state index is 12.9.